The van der Waals surface area contributed by atoms with E-state index in [1.165, 1.54) is 25.8 Å². The molecule has 0 radical (unpaired) electrons. The highest BCUT2D eigenvalue weighted by atomic mass is 32.2. The van der Waals surface area contributed by atoms with E-state index >= 15 is 0 Å². The summed E-state index contributed by atoms with van der Waals surface area (Å²) in [7, 11) is 1.01. The van der Waals surface area contributed by atoms with Crippen molar-refractivity contribution in [2.45, 2.75) is 68.8 Å². The summed E-state index contributed by atoms with van der Waals surface area (Å²) in [5, 5.41) is 10.3. The fourth-order valence-electron chi connectivity index (χ4n) is 8.47. The van der Waals surface area contributed by atoms with Gasteiger partial charge in [-0.05, 0) is 38.4 Å². The average molecular weight is 746 g/mol. The molecule has 0 amide bonds. The van der Waals surface area contributed by atoms with Gasteiger partial charge in [-0.25, -0.2) is 4.79 Å². The highest BCUT2D eigenvalue weighted by Gasteiger charge is 2.61. The molecule has 7 rings (SSSR count). The maximum absolute atomic E-state index is 13.5. The van der Waals surface area contributed by atoms with E-state index in [0.717, 1.165) is 22.9 Å². The van der Waals surface area contributed by atoms with E-state index in [1.54, 1.807) is 14.0 Å². The van der Waals surface area contributed by atoms with E-state index in [4.69, 9.17) is 37.3 Å². The molecule has 51 heavy (non-hydrogen) atoms. The zero-order valence-corrected chi connectivity index (χ0v) is 30.8. The zero-order chi connectivity index (χ0) is 36.5. The summed E-state index contributed by atoms with van der Waals surface area (Å²) >= 11 is 1.25. The first-order chi connectivity index (χ1) is 24.3. The number of benzene rings is 2. The highest BCUT2D eigenvalue weighted by Crippen LogP contribution is 2.64. The minimum absolute atomic E-state index is 0.0509. The fourth-order valence-corrected chi connectivity index (χ4v) is 10.6. The molecule has 0 aromatic heterocycles. The number of ether oxygens (including phenoxy) is 7. The summed E-state index contributed by atoms with van der Waals surface area (Å²) in [6, 6.07) is 1.79. The van der Waals surface area contributed by atoms with Crippen LogP contribution in [0.1, 0.15) is 57.6 Å². The number of nitrogens with zero attached hydrogens (tertiary/aromatic N) is 3. The molecule has 2 aromatic carbocycles. The third-order valence-electron chi connectivity index (χ3n) is 10.2. The molecule has 2 saturated heterocycles. The van der Waals surface area contributed by atoms with Gasteiger partial charge in [0, 0.05) is 54.1 Å². The lowest BCUT2D eigenvalue weighted by molar-refractivity contribution is -0.156. The molecular weight excluding hydrogens is 707 g/mol. The molecule has 2 fully saturated rings. The summed E-state index contributed by atoms with van der Waals surface area (Å²) < 4.78 is 71.4. The van der Waals surface area contributed by atoms with Gasteiger partial charge in [-0.1, -0.05) is 6.07 Å². The first kappa shape index (κ1) is 35.6. The van der Waals surface area contributed by atoms with Crippen LogP contribution in [0.5, 0.6) is 28.7 Å². The molecule has 4 bridgehead atoms. The maximum Gasteiger partial charge on any atom is 0.337 e. The van der Waals surface area contributed by atoms with Crippen LogP contribution in [0, 0.1) is 25.2 Å². The summed E-state index contributed by atoms with van der Waals surface area (Å²) in [6.45, 7) is 4.59. The molecule has 17 heteroatoms. The number of cyclic esters (lactones) is 1. The van der Waals surface area contributed by atoms with Crippen LogP contribution in [0.15, 0.2) is 6.07 Å². The van der Waals surface area contributed by atoms with Crippen LogP contribution >= 0.6 is 11.8 Å². The smallest absolute Gasteiger partial charge is 0.337 e. The minimum atomic E-state index is -4.07. The Balaban J connectivity index is 1.54. The number of carbonyl (C=O) groups excluding carboxylic acids is 2. The van der Waals surface area contributed by atoms with E-state index in [-0.39, 0.29) is 37.7 Å². The molecule has 7 atom stereocenters. The standard InChI is InChI=1S/C34H39N3O12S2/c1-15-8-18-9-19-20(10-35)37-21-11-44-34(39)22(49-51(7,40)41)12-50-33(25-24(21)32-30(46-14-47-32)16(2)29(25)48-17(3)38)27(37)26(36(19)4)23(18)31(28(15)43-6)45-13-42-5/h8,19-22,26-27,33H,9,11-14H2,1-7H3/t19-,20-,21-,22?,26+,27?,33+/m0/s1. The Morgan fingerprint density at radius 3 is 2.51 bits per heavy atom. The van der Waals surface area contributed by atoms with Crippen LogP contribution in [-0.2, 0) is 39.8 Å². The Kier molecular flexibility index (Phi) is 9.30. The first-order valence-electron chi connectivity index (χ1n) is 16.3. The first-order valence-corrected chi connectivity index (χ1v) is 19.2. The number of hydrogen-bond acceptors (Lipinski definition) is 16. The van der Waals surface area contributed by atoms with Crippen molar-refractivity contribution in [3.05, 3.63) is 39.4 Å². The van der Waals surface area contributed by atoms with Gasteiger partial charge in [0.2, 0.25) is 6.79 Å². The van der Waals surface area contributed by atoms with Crippen molar-refractivity contribution in [1.29, 1.82) is 5.26 Å². The summed E-state index contributed by atoms with van der Waals surface area (Å²) in [4.78, 5) is 30.5. The maximum atomic E-state index is 13.5. The molecule has 5 heterocycles. The average Bonchev–Trinajstić information content (AvgIpc) is 3.56. The summed E-state index contributed by atoms with van der Waals surface area (Å²) in [5.74, 6) is 0.550. The fraction of sp³-hybridized carbons (Fsp3) is 0.559. The lowest BCUT2D eigenvalue weighted by atomic mass is 9.71. The molecule has 5 aliphatic rings. The predicted octanol–water partition coefficient (Wildman–Crippen LogP) is 2.85. The van der Waals surface area contributed by atoms with Crippen LogP contribution in [0.3, 0.4) is 0 Å². The van der Waals surface area contributed by atoms with Gasteiger partial charge in [-0.3, -0.25) is 18.8 Å². The molecular formula is C34H39N3O12S2. The van der Waals surface area contributed by atoms with Gasteiger partial charge >= 0.3 is 11.9 Å². The lowest BCUT2D eigenvalue weighted by Gasteiger charge is -2.61. The quantitative estimate of drug-likeness (QED) is 0.175. The highest BCUT2D eigenvalue weighted by molar-refractivity contribution is 7.99. The molecule has 5 aliphatic heterocycles. The van der Waals surface area contributed by atoms with Crippen molar-refractivity contribution in [2.24, 2.45) is 0 Å². The SMILES string of the molecule is COCOc1c(OC)c(C)cc2c1[C@@H]1C3[C@@H]4SCC(OS(C)(=O)=O)C(=O)OC[C@@H](c5c6c(c(C)c(OC(C)=O)c54)OCO6)N3[C@@H](C#N)[C@H](C2)N1C. The van der Waals surface area contributed by atoms with Crippen LogP contribution in [0.4, 0.5) is 0 Å². The lowest BCUT2D eigenvalue weighted by Crippen LogP contribution is -2.69. The van der Waals surface area contributed by atoms with E-state index in [2.05, 4.69) is 21.9 Å². The Hall–Kier alpha value is -3.79. The largest absolute Gasteiger partial charge is 0.493 e. The monoisotopic (exact) mass is 745 g/mol. The van der Waals surface area contributed by atoms with E-state index in [1.807, 2.05) is 14.0 Å². The van der Waals surface area contributed by atoms with E-state index in [9.17, 15) is 23.3 Å². The number of fused-ring (bicyclic) bond motifs is 9. The molecule has 274 valence electrons. The second-order valence-electron chi connectivity index (χ2n) is 13.2. The normalized spacial score (nSPS) is 28.1. The van der Waals surface area contributed by atoms with Crippen molar-refractivity contribution in [3.63, 3.8) is 0 Å². The Morgan fingerprint density at radius 1 is 1.10 bits per heavy atom. The van der Waals surface area contributed by atoms with Crippen LogP contribution < -0.4 is 23.7 Å². The molecule has 2 aromatic rings. The van der Waals surface area contributed by atoms with Crippen LogP contribution in [0.2, 0.25) is 0 Å². The van der Waals surface area contributed by atoms with Gasteiger partial charge in [0.25, 0.3) is 10.1 Å². The molecule has 0 saturated carbocycles. The second-order valence-corrected chi connectivity index (χ2v) is 16.0. The second kappa shape index (κ2) is 13.3. The number of likely N-dealkylation sites (N-methyl/N-ethyl adjacent to an activating group) is 1. The van der Waals surface area contributed by atoms with Crippen molar-refractivity contribution in [3.8, 4) is 34.8 Å². The van der Waals surface area contributed by atoms with Gasteiger partial charge < -0.3 is 33.2 Å². The minimum Gasteiger partial charge on any atom is -0.493 e. The van der Waals surface area contributed by atoms with Crippen LogP contribution in [-0.4, -0.2) is 108 Å². The number of esters is 2. The van der Waals surface area contributed by atoms with Crippen molar-refractivity contribution in [1.82, 2.24) is 9.80 Å². The number of piperazine rings is 1. The van der Waals surface area contributed by atoms with Crippen molar-refractivity contribution in [2.75, 3.05) is 53.5 Å². The number of carbonyl (C=O) groups is 2. The summed E-state index contributed by atoms with van der Waals surface area (Å²) in [5.41, 5.74) is 4.41. The number of hydrogen-bond donors (Lipinski definition) is 0. The molecule has 15 nitrogen and oxygen atoms in total. The molecule has 0 N–H and O–H groups in total. The summed E-state index contributed by atoms with van der Waals surface area (Å²) in [6.07, 6.45) is -0.0836. The topological polar surface area (TPSA) is 172 Å². The molecule has 2 unspecified atom stereocenters. The Bertz CT molecular complexity index is 1950. The number of methoxy groups -OCH3 is 2. The predicted molar refractivity (Wildman–Crippen MR) is 180 cm³/mol. The van der Waals surface area contributed by atoms with E-state index in [0.29, 0.717) is 46.1 Å². The zero-order valence-electron chi connectivity index (χ0n) is 29.2. The van der Waals surface area contributed by atoms with Crippen molar-refractivity contribution < 1.29 is 55.3 Å². The number of nitriles is 1. The number of aryl methyl sites for hydroxylation is 1. The third kappa shape index (κ3) is 5.76. The molecule has 0 spiro atoms. The van der Waals surface area contributed by atoms with Gasteiger partial charge in [0.15, 0.2) is 35.9 Å². The van der Waals surface area contributed by atoms with Gasteiger partial charge in [0.05, 0.1) is 36.8 Å². The third-order valence-corrected chi connectivity index (χ3v) is 12.2. The Labute approximate surface area is 300 Å². The Morgan fingerprint density at radius 2 is 1.84 bits per heavy atom. The number of rotatable bonds is 7. The van der Waals surface area contributed by atoms with Gasteiger partial charge in [-0.15, -0.1) is 11.8 Å². The van der Waals surface area contributed by atoms with Crippen LogP contribution in [0.25, 0.3) is 0 Å². The van der Waals surface area contributed by atoms with Gasteiger partial charge in [0.1, 0.15) is 18.4 Å². The van der Waals surface area contributed by atoms with E-state index < -0.39 is 57.6 Å². The molecule has 0 aliphatic carbocycles. The number of thioether (sulfide) groups is 1. The van der Waals surface area contributed by atoms with Gasteiger partial charge in [-0.2, -0.15) is 13.7 Å². The van der Waals surface area contributed by atoms with Crippen molar-refractivity contribution >= 4 is 33.8 Å².